The second-order valence-electron chi connectivity index (χ2n) is 7.63. The number of hydrogen-bond acceptors (Lipinski definition) is 5. The van der Waals surface area contributed by atoms with Gasteiger partial charge >= 0.3 is 0 Å². The van der Waals surface area contributed by atoms with Crippen molar-refractivity contribution < 1.29 is 14.0 Å². The first-order chi connectivity index (χ1) is 14.5. The summed E-state index contributed by atoms with van der Waals surface area (Å²) in [6.45, 7) is 3.35. The van der Waals surface area contributed by atoms with Gasteiger partial charge in [0.25, 0.3) is 17.4 Å². The summed E-state index contributed by atoms with van der Waals surface area (Å²) in [5.41, 5.74) is 3.68. The van der Waals surface area contributed by atoms with Gasteiger partial charge in [-0.15, -0.1) is 0 Å². The third-order valence-electron chi connectivity index (χ3n) is 5.85. The molecule has 5 heterocycles. The van der Waals surface area contributed by atoms with Gasteiger partial charge in [0.1, 0.15) is 11.3 Å². The van der Waals surface area contributed by atoms with E-state index >= 15 is 0 Å². The van der Waals surface area contributed by atoms with Gasteiger partial charge in [-0.25, -0.2) is 0 Å². The first kappa shape index (κ1) is 18.4. The van der Waals surface area contributed by atoms with Gasteiger partial charge in [0.15, 0.2) is 0 Å². The molecule has 3 aromatic heterocycles. The van der Waals surface area contributed by atoms with Gasteiger partial charge < -0.3 is 19.2 Å². The first-order valence-corrected chi connectivity index (χ1v) is 9.82. The lowest BCUT2D eigenvalue weighted by atomic mass is 9.95. The molecule has 0 aliphatic carbocycles. The Kier molecular flexibility index (Phi) is 4.27. The van der Waals surface area contributed by atoms with Gasteiger partial charge in [-0.3, -0.25) is 19.4 Å². The maximum Gasteiger partial charge on any atom is 0.261 e. The van der Waals surface area contributed by atoms with Gasteiger partial charge in [-0.1, -0.05) is 6.07 Å². The van der Waals surface area contributed by atoms with Crippen LogP contribution in [0.3, 0.4) is 0 Å². The van der Waals surface area contributed by atoms with Crippen molar-refractivity contribution >= 4 is 11.8 Å². The van der Waals surface area contributed by atoms with E-state index in [0.717, 1.165) is 22.4 Å². The third-order valence-corrected chi connectivity index (χ3v) is 5.85. The van der Waals surface area contributed by atoms with E-state index in [1.165, 1.54) is 6.26 Å². The van der Waals surface area contributed by atoms with E-state index in [4.69, 9.17) is 4.42 Å². The van der Waals surface area contributed by atoms with Crippen LogP contribution in [-0.4, -0.2) is 38.1 Å². The van der Waals surface area contributed by atoms with Crippen molar-refractivity contribution in [3.63, 3.8) is 0 Å². The summed E-state index contributed by atoms with van der Waals surface area (Å²) in [6.07, 6.45) is 5.26. The SMILES string of the molecule is Cc1occc1C(=O)N1CCc2c(c[nH]c(=O)c2C(=O)N2Cc3cccnc3C2)C1. The molecule has 3 aromatic rings. The summed E-state index contributed by atoms with van der Waals surface area (Å²) in [6, 6.07) is 5.45. The lowest BCUT2D eigenvalue weighted by Crippen LogP contribution is -2.40. The number of aromatic amines is 1. The summed E-state index contributed by atoms with van der Waals surface area (Å²) in [4.78, 5) is 49.0. The van der Waals surface area contributed by atoms with Crippen molar-refractivity contribution in [1.29, 1.82) is 0 Å². The van der Waals surface area contributed by atoms with Crippen molar-refractivity contribution in [1.82, 2.24) is 19.8 Å². The largest absolute Gasteiger partial charge is 0.469 e. The minimum Gasteiger partial charge on any atom is -0.469 e. The average molecular weight is 404 g/mol. The van der Waals surface area contributed by atoms with Gasteiger partial charge in [0.2, 0.25) is 0 Å². The van der Waals surface area contributed by atoms with Crippen LogP contribution in [0.1, 0.15) is 48.9 Å². The highest BCUT2D eigenvalue weighted by molar-refractivity contribution is 5.97. The zero-order valence-electron chi connectivity index (χ0n) is 16.5. The number of H-pyrrole nitrogens is 1. The Bertz CT molecular complexity index is 1200. The summed E-state index contributed by atoms with van der Waals surface area (Å²) < 4.78 is 5.25. The molecule has 0 radical (unpaired) electrons. The molecule has 8 heteroatoms. The topological polar surface area (TPSA) is 99.5 Å². The number of rotatable bonds is 2. The van der Waals surface area contributed by atoms with Crippen molar-refractivity contribution in [2.45, 2.75) is 33.0 Å². The van der Waals surface area contributed by atoms with E-state index in [1.54, 1.807) is 35.2 Å². The molecule has 0 aromatic carbocycles. The number of nitrogens with zero attached hydrogens (tertiary/aromatic N) is 3. The molecule has 152 valence electrons. The molecule has 8 nitrogen and oxygen atoms in total. The van der Waals surface area contributed by atoms with E-state index in [2.05, 4.69) is 9.97 Å². The van der Waals surface area contributed by atoms with Crippen molar-refractivity contribution in [2.75, 3.05) is 6.54 Å². The quantitative estimate of drug-likeness (QED) is 0.705. The Morgan fingerprint density at radius 3 is 2.70 bits per heavy atom. The van der Waals surface area contributed by atoms with Gasteiger partial charge in [0.05, 0.1) is 24.1 Å². The van der Waals surface area contributed by atoms with Crippen molar-refractivity contribution in [3.8, 4) is 0 Å². The van der Waals surface area contributed by atoms with Crippen LogP contribution in [0.15, 0.2) is 46.1 Å². The molecule has 30 heavy (non-hydrogen) atoms. The Morgan fingerprint density at radius 2 is 1.93 bits per heavy atom. The second-order valence-corrected chi connectivity index (χ2v) is 7.63. The van der Waals surface area contributed by atoms with E-state index in [0.29, 0.717) is 43.9 Å². The molecular formula is C22H20N4O4. The number of nitrogens with one attached hydrogen (secondary N) is 1. The lowest BCUT2D eigenvalue weighted by molar-refractivity contribution is 0.0729. The number of aryl methyl sites for hydroxylation is 1. The predicted molar refractivity (Wildman–Crippen MR) is 107 cm³/mol. The number of fused-ring (bicyclic) bond motifs is 2. The molecule has 0 fully saturated rings. The van der Waals surface area contributed by atoms with Crippen LogP contribution in [0, 0.1) is 6.92 Å². The predicted octanol–water partition coefficient (Wildman–Crippen LogP) is 2.03. The maximum atomic E-state index is 13.2. The molecule has 0 bridgehead atoms. The normalized spacial score (nSPS) is 15.1. The Hall–Kier alpha value is -3.68. The highest BCUT2D eigenvalue weighted by atomic mass is 16.3. The summed E-state index contributed by atoms with van der Waals surface area (Å²) >= 11 is 0. The maximum absolute atomic E-state index is 13.2. The third kappa shape index (κ3) is 2.92. The summed E-state index contributed by atoms with van der Waals surface area (Å²) in [5.74, 6) is 0.161. The van der Waals surface area contributed by atoms with Gasteiger partial charge in [0, 0.05) is 32.0 Å². The van der Waals surface area contributed by atoms with Crippen LogP contribution in [0.5, 0.6) is 0 Å². The molecule has 2 aliphatic heterocycles. The van der Waals surface area contributed by atoms with E-state index < -0.39 is 5.56 Å². The smallest absolute Gasteiger partial charge is 0.261 e. The number of hydrogen-bond donors (Lipinski definition) is 1. The zero-order chi connectivity index (χ0) is 20.8. The fourth-order valence-corrected chi connectivity index (χ4v) is 4.25. The van der Waals surface area contributed by atoms with Crippen LogP contribution < -0.4 is 5.56 Å². The summed E-state index contributed by atoms with van der Waals surface area (Å²) in [5, 5.41) is 0. The van der Waals surface area contributed by atoms with Crippen LogP contribution in [0.25, 0.3) is 0 Å². The molecule has 0 unspecified atom stereocenters. The number of aromatic nitrogens is 2. The number of carbonyl (C=O) groups is 2. The number of pyridine rings is 2. The highest BCUT2D eigenvalue weighted by Gasteiger charge is 2.32. The van der Waals surface area contributed by atoms with E-state index in [9.17, 15) is 14.4 Å². The molecule has 2 amide bonds. The molecule has 5 rings (SSSR count). The molecule has 1 N–H and O–H groups in total. The second kappa shape index (κ2) is 6.98. The molecule has 0 saturated heterocycles. The Labute approximate surface area is 172 Å². The van der Waals surface area contributed by atoms with Crippen molar-refractivity contribution in [3.05, 3.63) is 86.5 Å². The zero-order valence-corrected chi connectivity index (χ0v) is 16.5. The van der Waals surface area contributed by atoms with Crippen LogP contribution in [-0.2, 0) is 26.1 Å². The fraction of sp³-hybridized carbons (Fsp3) is 0.273. The fourth-order valence-electron chi connectivity index (χ4n) is 4.25. The van der Waals surface area contributed by atoms with Gasteiger partial charge in [-0.2, -0.15) is 0 Å². The number of furan rings is 1. The summed E-state index contributed by atoms with van der Waals surface area (Å²) in [7, 11) is 0. The minimum atomic E-state index is -0.395. The Morgan fingerprint density at radius 1 is 1.10 bits per heavy atom. The lowest BCUT2D eigenvalue weighted by Gasteiger charge is -2.30. The average Bonchev–Trinajstić information content (AvgIpc) is 3.38. The Balaban J connectivity index is 1.43. The van der Waals surface area contributed by atoms with E-state index in [-0.39, 0.29) is 17.4 Å². The van der Waals surface area contributed by atoms with Gasteiger partial charge in [-0.05, 0) is 42.2 Å². The first-order valence-electron chi connectivity index (χ1n) is 9.82. The standard InChI is InChI=1S/C22H20N4O4/c1-13-16(5-8-30-13)21(28)25-7-4-17-15(11-25)9-24-20(27)19(17)22(29)26-10-14-3-2-6-23-18(14)12-26/h2-3,5-6,8-9H,4,7,10-12H2,1H3,(H,24,27). The minimum absolute atomic E-state index is 0.118. The molecule has 0 atom stereocenters. The molecule has 0 spiro atoms. The van der Waals surface area contributed by atoms with E-state index in [1.807, 2.05) is 12.1 Å². The van der Waals surface area contributed by atoms with Crippen LogP contribution in [0.4, 0.5) is 0 Å². The molecular weight excluding hydrogens is 384 g/mol. The van der Waals surface area contributed by atoms with Crippen LogP contribution >= 0.6 is 0 Å². The van der Waals surface area contributed by atoms with Crippen LogP contribution in [0.2, 0.25) is 0 Å². The number of amides is 2. The number of carbonyl (C=O) groups excluding carboxylic acids is 2. The van der Waals surface area contributed by atoms with Crippen molar-refractivity contribution in [2.24, 2.45) is 0 Å². The highest BCUT2D eigenvalue weighted by Crippen LogP contribution is 2.26. The molecule has 2 aliphatic rings. The molecule has 0 saturated carbocycles. The monoisotopic (exact) mass is 404 g/mol.